The van der Waals surface area contributed by atoms with Gasteiger partial charge in [0.15, 0.2) is 11.5 Å². The van der Waals surface area contributed by atoms with Crippen molar-refractivity contribution in [2.45, 2.75) is 59.4 Å². The van der Waals surface area contributed by atoms with Crippen LogP contribution in [0, 0.1) is 5.92 Å². The summed E-state index contributed by atoms with van der Waals surface area (Å²) in [5.41, 5.74) is 4.09. The molecular formula is C26H31NO3. The maximum atomic E-state index is 13.1. The Kier molecular flexibility index (Phi) is 6.76. The van der Waals surface area contributed by atoms with Crippen LogP contribution in [0.15, 0.2) is 59.9 Å². The van der Waals surface area contributed by atoms with Crippen molar-refractivity contribution in [1.82, 2.24) is 0 Å². The molecule has 4 heteroatoms. The molecule has 4 nitrogen and oxygen atoms in total. The number of aliphatic hydroxyl groups is 1. The Morgan fingerprint density at radius 1 is 1.00 bits per heavy atom. The highest BCUT2D eigenvalue weighted by molar-refractivity contribution is 6.16. The van der Waals surface area contributed by atoms with E-state index >= 15 is 0 Å². The van der Waals surface area contributed by atoms with Crippen LogP contribution in [0.4, 0.5) is 5.69 Å². The zero-order valence-electron chi connectivity index (χ0n) is 18.3. The molecule has 1 atom stereocenters. The van der Waals surface area contributed by atoms with E-state index in [1.165, 1.54) is 11.1 Å². The van der Waals surface area contributed by atoms with E-state index in [4.69, 9.17) is 0 Å². The highest BCUT2D eigenvalue weighted by atomic mass is 16.3. The lowest BCUT2D eigenvalue weighted by molar-refractivity contribution is -0.119. The Balaban J connectivity index is 2.06. The van der Waals surface area contributed by atoms with E-state index in [-0.39, 0.29) is 17.3 Å². The van der Waals surface area contributed by atoms with E-state index in [9.17, 15) is 14.7 Å². The lowest BCUT2D eigenvalue weighted by Gasteiger charge is -2.27. The van der Waals surface area contributed by atoms with Gasteiger partial charge in [0.25, 0.3) is 5.91 Å². The molecule has 1 heterocycles. The second-order valence-corrected chi connectivity index (χ2v) is 8.22. The number of carbonyl (C=O) groups is 2. The molecule has 30 heavy (non-hydrogen) atoms. The van der Waals surface area contributed by atoms with Crippen molar-refractivity contribution in [2.75, 3.05) is 4.90 Å². The second kappa shape index (κ2) is 9.29. The van der Waals surface area contributed by atoms with Crippen molar-refractivity contribution in [1.29, 1.82) is 0 Å². The number of Topliss-reactive ketones (excluding diaryl/α,β-unsaturated/α-hetero) is 1. The number of unbranched alkanes of at least 4 members (excludes halogenated alkanes) is 1. The third-order valence-electron chi connectivity index (χ3n) is 5.74. The summed E-state index contributed by atoms with van der Waals surface area (Å²) in [5, 5.41) is 10.7. The van der Waals surface area contributed by atoms with Gasteiger partial charge < -0.3 is 5.11 Å². The van der Waals surface area contributed by atoms with Crippen molar-refractivity contribution in [3.05, 3.63) is 76.6 Å². The summed E-state index contributed by atoms with van der Waals surface area (Å²) in [6, 6.07) is 15.2. The maximum Gasteiger partial charge on any atom is 0.294 e. The first-order valence-corrected chi connectivity index (χ1v) is 10.9. The Hall–Kier alpha value is -2.88. The van der Waals surface area contributed by atoms with Gasteiger partial charge in [-0.05, 0) is 48.1 Å². The third-order valence-corrected chi connectivity index (χ3v) is 5.74. The topological polar surface area (TPSA) is 57.6 Å². The normalized spacial score (nSPS) is 16.6. The van der Waals surface area contributed by atoms with Crippen LogP contribution in [0.5, 0.6) is 0 Å². The molecule has 0 aliphatic carbocycles. The Bertz CT molecular complexity index is 939. The summed E-state index contributed by atoms with van der Waals surface area (Å²) < 4.78 is 0. The molecule has 0 radical (unpaired) electrons. The fourth-order valence-corrected chi connectivity index (χ4v) is 3.89. The molecule has 1 unspecified atom stereocenters. The van der Waals surface area contributed by atoms with Crippen molar-refractivity contribution in [3.63, 3.8) is 0 Å². The SMILES string of the molecule is CCCCc1ccc(N2C(=O)C(O)=C(C(=O)C(C)C)C2c2ccc(CC)cc2)cc1. The summed E-state index contributed by atoms with van der Waals surface area (Å²) in [5.74, 6) is -1.48. The van der Waals surface area contributed by atoms with Crippen LogP contribution in [0.2, 0.25) is 0 Å². The number of hydrogen-bond donors (Lipinski definition) is 1. The first-order chi connectivity index (χ1) is 14.4. The quantitative estimate of drug-likeness (QED) is 0.611. The molecule has 1 aliphatic heterocycles. The molecule has 3 rings (SSSR count). The highest BCUT2D eigenvalue weighted by Crippen LogP contribution is 2.42. The number of hydrogen-bond acceptors (Lipinski definition) is 3. The van der Waals surface area contributed by atoms with Crippen LogP contribution >= 0.6 is 0 Å². The van der Waals surface area contributed by atoms with Crippen molar-refractivity contribution >= 4 is 17.4 Å². The standard InChI is InChI=1S/C26H31NO3/c1-5-7-8-19-11-15-21(16-12-19)27-23(20-13-9-18(6-2)10-14-20)22(24(28)17(3)4)25(29)26(27)30/h9-17,23,29H,5-8H2,1-4H3. The number of rotatable bonds is 8. The number of benzene rings is 2. The van der Waals surface area contributed by atoms with Gasteiger partial charge in [0, 0.05) is 11.6 Å². The Morgan fingerprint density at radius 3 is 2.13 bits per heavy atom. The largest absolute Gasteiger partial charge is 0.503 e. The number of amides is 1. The van der Waals surface area contributed by atoms with Gasteiger partial charge >= 0.3 is 0 Å². The molecule has 0 saturated carbocycles. The third kappa shape index (κ3) is 4.18. The van der Waals surface area contributed by atoms with Gasteiger partial charge in [0.05, 0.1) is 11.6 Å². The van der Waals surface area contributed by atoms with E-state index in [0.717, 1.165) is 31.2 Å². The molecule has 0 fully saturated rings. The average Bonchev–Trinajstić information content (AvgIpc) is 3.02. The lowest BCUT2D eigenvalue weighted by Crippen LogP contribution is -2.31. The lowest BCUT2D eigenvalue weighted by atomic mass is 9.90. The van der Waals surface area contributed by atoms with Crippen LogP contribution < -0.4 is 4.90 Å². The summed E-state index contributed by atoms with van der Waals surface area (Å²) in [6.45, 7) is 7.82. The van der Waals surface area contributed by atoms with Crippen LogP contribution in [0.25, 0.3) is 0 Å². The van der Waals surface area contributed by atoms with Crippen LogP contribution in [0.3, 0.4) is 0 Å². The van der Waals surface area contributed by atoms with Gasteiger partial charge in [-0.1, -0.05) is 70.5 Å². The number of anilines is 1. The molecule has 2 aromatic carbocycles. The average molecular weight is 406 g/mol. The molecule has 0 saturated heterocycles. The molecule has 2 aromatic rings. The van der Waals surface area contributed by atoms with Gasteiger partial charge in [-0.15, -0.1) is 0 Å². The molecule has 1 aliphatic rings. The maximum absolute atomic E-state index is 13.1. The van der Waals surface area contributed by atoms with Crippen LogP contribution in [-0.2, 0) is 22.4 Å². The van der Waals surface area contributed by atoms with Gasteiger partial charge in [0.2, 0.25) is 0 Å². The summed E-state index contributed by atoms with van der Waals surface area (Å²) in [4.78, 5) is 27.6. The molecule has 158 valence electrons. The zero-order chi connectivity index (χ0) is 21.8. The van der Waals surface area contributed by atoms with Crippen molar-refractivity contribution in [3.8, 4) is 0 Å². The fourth-order valence-electron chi connectivity index (χ4n) is 3.89. The smallest absolute Gasteiger partial charge is 0.294 e. The second-order valence-electron chi connectivity index (χ2n) is 8.22. The summed E-state index contributed by atoms with van der Waals surface area (Å²) >= 11 is 0. The molecule has 0 spiro atoms. The highest BCUT2D eigenvalue weighted by Gasteiger charge is 2.44. The molecule has 0 aromatic heterocycles. The van der Waals surface area contributed by atoms with E-state index in [0.29, 0.717) is 5.69 Å². The number of aryl methyl sites for hydroxylation is 2. The monoisotopic (exact) mass is 405 g/mol. The first kappa shape index (κ1) is 21.8. The molecule has 0 bridgehead atoms. The zero-order valence-corrected chi connectivity index (χ0v) is 18.3. The minimum absolute atomic E-state index is 0.189. The van der Waals surface area contributed by atoms with Gasteiger partial charge in [-0.25, -0.2) is 0 Å². The minimum atomic E-state index is -0.625. The van der Waals surface area contributed by atoms with E-state index in [2.05, 4.69) is 13.8 Å². The fraction of sp³-hybridized carbons (Fsp3) is 0.385. The van der Waals surface area contributed by atoms with Gasteiger partial charge in [-0.2, -0.15) is 0 Å². The number of aliphatic hydroxyl groups excluding tert-OH is 1. The van der Waals surface area contributed by atoms with Gasteiger partial charge in [0.1, 0.15) is 0 Å². The predicted molar refractivity (Wildman–Crippen MR) is 121 cm³/mol. The molecular weight excluding hydrogens is 374 g/mol. The van der Waals surface area contributed by atoms with Crippen LogP contribution in [0.1, 0.15) is 63.3 Å². The minimum Gasteiger partial charge on any atom is -0.503 e. The number of carbonyl (C=O) groups excluding carboxylic acids is 2. The molecule has 1 amide bonds. The first-order valence-electron chi connectivity index (χ1n) is 10.9. The number of nitrogens with zero attached hydrogens (tertiary/aromatic N) is 1. The van der Waals surface area contributed by atoms with Crippen molar-refractivity contribution in [2.24, 2.45) is 5.92 Å². The van der Waals surface area contributed by atoms with E-state index in [1.807, 2.05) is 48.5 Å². The Morgan fingerprint density at radius 2 is 1.60 bits per heavy atom. The molecule has 1 N–H and O–H groups in total. The van der Waals surface area contributed by atoms with E-state index < -0.39 is 17.7 Å². The Labute approximate surface area is 179 Å². The van der Waals surface area contributed by atoms with Crippen molar-refractivity contribution < 1.29 is 14.7 Å². The van der Waals surface area contributed by atoms with Gasteiger partial charge in [-0.3, -0.25) is 14.5 Å². The summed E-state index contributed by atoms with van der Waals surface area (Å²) in [7, 11) is 0. The summed E-state index contributed by atoms with van der Waals surface area (Å²) in [6.07, 6.45) is 4.14. The van der Waals surface area contributed by atoms with E-state index in [1.54, 1.807) is 18.7 Å². The predicted octanol–water partition coefficient (Wildman–Crippen LogP) is 5.72. The van der Waals surface area contributed by atoms with Crippen LogP contribution in [-0.4, -0.2) is 16.8 Å². The number of ketones is 1.